The molecule has 16 nitrogen and oxygen atoms in total. The van der Waals surface area contributed by atoms with Gasteiger partial charge in [0.2, 0.25) is 29.5 Å². The summed E-state index contributed by atoms with van der Waals surface area (Å²) in [4.78, 5) is 81.8. The molecule has 0 radical (unpaired) electrons. The number of nitrogens with two attached hydrogens (primary N) is 3. The number of hydrogen-bond acceptors (Lipinski definition) is 8. The number of hydrogen-bond donors (Lipinski definition) is 9. The van der Waals surface area contributed by atoms with E-state index >= 15 is 0 Å². The van der Waals surface area contributed by atoms with Gasteiger partial charge in [-0.2, -0.15) is 0 Å². The molecular formula is C35H59N9O7. The van der Waals surface area contributed by atoms with Crippen LogP contribution in [0.5, 0.6) is 0 Å². The third kappa shape index (κ3) is 16.7. The van der Waals surface area contributed by atoms with E-state index in [4.69, 9.17) is 17.2 Å². The van der Waals surface area contributed by atoms with Gasteiger partial charge >= 0.3 is 5.97 Å². The van der Waals surface area contributed by atoms with Crippen LogP contribution in [0, 0.1) is 17.3 Å². The van der Waals surface area contributed by atoms with Gasteiger partial charge in [-0.05, 0) is 48.5 Å². The number of guanidine groups is 1. The minimum atomic E-state index is -1.21. The molecule has 1 aromatic carbocycles. The Kier molecular flexibility index (Phi) is 18.7. The van der Waals surface area contributed by atoms with Crippen LogP contribution >= 0.6 is 0 Å². The first-order valence-corrected chi connectivity index (χ1v) is 17.3. The van der Waals surface area contributed by atoms with Crippen LogP contribution in [0.15, 0.2) is 35.3 Å². The van der Waals surface area contributed by atoms with Crippen molar-refractivity contribution in [2.45, 2.75) is 111 Å². The minimum absolute atomic E-state index is 0.0253. The number of aliphatic carboxylic acids is 1. The average molecular weight is 718 g/mol. The molecule has 0 aromatic heterocycles. The predicted molar refractivity (Wildman–Crippen MR) is 195 cm³/mol. The maximum atomic E-state index is 13.6. The topological polar surface area (TPSA) is 273 Å². The first-order chi connectivity index (χ1) is 23.8. The van der Waals surface area contributed by atoms with Crippen LogP contribution < -0.4 is 43.8 Å². The van der Waals surface area contributed by atoms with Crippen molar-refractivity contribution >= 4 is 41.5 Å². The molecule has 0 spiro atoms. The van der Waals surface area contributed by atoms with Gasteiger partial charge in [0.1, 0.15) is 24.2 Å². The van der Waals surface area contributed by atoms with Crippen molar-refractivity contribution in [2.75, 3.05) is 13.1 Å². The number of rotatable bonds is 21. The van der Waals surface area contributed by atoms with Crippen LogP contribution in [-0.4, -0.2) is 89.9 Å². The fraction of sp³-hybridized carbons (Fsp3) is 0.629. The highest BCUT2D eigenvalue weighted by Crippen LogP contribution is 2.21. The van der Waals surface area contributed by atoms with Gasteiger partial charge in [0.25, 0.3) is 0 Å². The molecule has 286 valence electrons. The molecule has 12 N–H and O–H groups in total. The molecule has 0 heterocycles. The number of carboxylic acids is 1. The normalized spacial score (nSPS) is 14.8. The van der Waals surface area contributed by atoms with Gasteiger partial charge in [0, 0.05) is 6.54 Å². The summed E-state index contributed by atoms with van der Waals surface area (Å²) >= 11 is 0. The van der Waals surface area contributed by atoms with Crippen LogP contribution in [0.25, 0.3) is 0 Å². The number of carbonyl (C=O) groups excluding carboxylic acids is 5. The van der Waals surface area contributed by atoms with Crippen molar-refractivity contribution < 1.29 is 33.9 Å². The molecule has 0 aliphatic rings. The molecule has 1 aromatic rings. The van der Waals surface area contributed by atoms with E-state index in [0.29, 0.717) is 6.42 Å². The molecule has 5 amide bonds. The summed E-state index contributed by atoms with van der Waals surface area (Å²) in [6.07, 6.45) is 1.31. The zero-order valence-corrected chi connectivity index (χ0v) is 31.0. The number of benzene rings is 1. The Morgan fingerprint density at radius 2 is 1.47 bits per heavy atom. The van der Waals surface area contributed by atoms with Gasteiger partial charge < -0.3 is 48.9 Å². The highest BCUT2D eigenvalue weighted by Gasteiger charge is 2.37. The minimum Gasteiger partial charge on any atom is -0.480 e. The van der Waals surface area contributed by atoms with Crippen molar-refractivity contribution in [3.63, 3.8) is 0 Å². The lowest BCUT2D eigenvalue weighted by Gasteiger charge is -2.33. The van der Waals surface area contributed by atoms with Gasteiger partial charge in [0.15, 0.2) is 5.96 Å². The van der Waals surface area contributed by atoms with Crippen LogP contribution in [0.3, 0.4) is 0 Å². The summed E-state index contributed by atoms with van der Waals surface area (Å²) in [6, 6.07) is 3.89. The molecule has 0 unspecified atom stereocenters. The number of nitrogens with zero attached hydrogens (tertiary/aromatic N) is 1. The fourth-order valence-corrected chi connectivity index (χ4v) is 5.08. The Labute approximate surface area is 300 Å². The smallest absolute Gasteiger partial charge is 0.326 e. The van der Waals surface area contributed by atoms with Crippen LogP contribution in [0.1, 0.15) is 79.7 Å². The van der Waals surface area contributed by atoms with Gasteiger partial charge in [0.05, 0.1) is 12.6 Å². The quantitative estimate of drug-likeness (QED) is 0.0462. The number of carboxylic acid groups (broad SMARTS) is 1. The summed E-state index contributed by atoms with van der Waals surface area (Å²) in [6.45, 7) is 12.2. The van der Waals surface area contributed by atoms with Gasteiger partial charge in [-0.3, -0.25) is 29.0 Å². The molecule has 6 atom stereocenters. The Morgan fingerprint density at radius 3 is 2.00 bits per heavy atom. The molecule has 1 rings (SSSR count). The summed E-state index contributed by atoms with van der Waals surface area (Å²) in [5.41, 5.74) is 17.0. The van der Waals surface area contributed by atoms with Crippen molar-refractivity contribution in [1.29, 1.82) is 0 Å². The first kappa shape index (κ1) is 44.3. The van der Waals surface area contributed by atoms with E-state index in [1.165, 1.54) is 0 Å². The highest BCUT2D eigenvalue weighted by molar-refractivity contribution is 5.95. The fourth-order valence-electron chi connectivity index (χ4n) is 5.08. The summed E-state index contributed by atoms with van der Waals surface area (Å²) in [5.74, 6) is -4.94. The Bertz CT molecular complexity index is 1340. The SMILES string of the molecule is CC[C@H](C)[C@H](NC(=O)[C@@H](NC(=O)[C@@H](N)Cc1ccccc1)C(C)(C)C)C(=O)NCC(=O)N[C@@H](CCCN=C(N)N)C(=O)N[C@@H](CC(C)C)C(=O)O. The molecule has 51 heavy (non-hydrogen) atoms. The molecular weight excluding hydrogens is 658 g/mol. The van der Waals surface area contributed by atoms with Crippen molar-refractivity contribution in [1.82, 2.24) is 26.6 Å². The van der Waals surface area contributed by atoms with Gasteiger partial charge in [-0.1, -0.05) is 85.2 Å². The Hall–Kier alpha value is -4.73. The summed E-state index contributed by atoms with van der Waals surface area (Å²) in [7, 11) is 0. The Morgan fingerprint density at radius 1 is 0.843 bits per heavy atom. The van der Waals surface area contributed by atoms with Crippen LogP contribution in [0.4, 0.5) is 0 Å². The lowest BCUT2D eigenvalue weighted by atomic mass is 9.85. The zero-order chi connectivity index (χ0) is 38.9. The standard InChI is InChI=1S/C35H59N9O7/c1-8-21(4)27(43-32(49)28(35(5,6)7)44-29(46)23(36)18-22-13-10-9-11-14-22)31(48)40-19-26(45)41-24(15-12-16-39-34(37)38)30(47)42-25(33(50)51)17-20(2)3/h9-11,13-14,20-21,23-25,27-28H,8,12,15-19,36H2,1-7H3,(H,40,48)(H,41,45)(H,42,47)(H,43,49)(H,44,46)(H,50,51)(H4,37,38,39)/t21-,23-,24-,25-,27-,28+/m0/s1. The van der Waals surface area contributed by atoms with Crippen molar-refractivity contribution in [2.24, 2.45) is 39.4 Å². The second kappa shape index (κ2) is 21.5. The predicted octanol–water partition coefficient (Wildman–Crippen LogP) is -0.112. The summed E-state index contributed by atoms with van der Waals surface area (Å²) < 4.78 is 0. The third-order valence-corrected chi connectivity index (χ3v) is 8.19. The Balaban J connectivity index is 3.03. The molecule has 0 fully saturated rings. The van der Waals surface area contributed by atoms with E-state index in [0.717, 1.165) is 5.56 Å². The highest BCUT2D eigenvalue weighted by atomic mass is 16.4. The largest absolute Gasteiger partial charge is 0.480 e. The maximum Gasteiger partial charge on any atom is 0.326 e. The third-order valence-electron chi connectivity index (χ3n) is 8.19. The molecule has 0 saturated heterocycles. The van der Waals surface area contributed by atoms with Crippen molar-refractivity contribution in [3.05, 3.63) is 35.9 Å². The van der Waals surface area contributed by atoms with Crippen molar-refractivity contribution in [3.8, 4) is 0 Å². The van der Waals surface area contributed by atoms with E-state index in [1.807, 2.05) is 51.1 Å². The van der Waals surface area contributed by atoms with Crippen LogP contribution in [-0.2, 0) is 35.2 Å². The summed E-state index contributed by atoms with van der Waals surface area (Å²) in [5, 5.41) is 22.6. The second-order valence-corrected chi connectivity index (χ2v) is 14.3. The molecule has 0 saturated carbocycles. The van der Waals surface area contributed by atoms with E-state index < -0.39 is 77.7 Å². The molecule has 0 bridgehead atoms. The number of amides is 5. The maximum absolute atomic E-state index is 13.6. The van der Waals surface area contributed by atoms with Gasteiger partial charge in [-0.25, -0.2) is 4.79 Å². The molecule has 16 heteroatoms. The molecule has 0 aliphatic heterocycles. The van der Waals surface area contributed by atoms with E-state index in [9.17, 15) is 33.9 Å². The number of nitrogens with one attached hydrogen (secondary N) is 5. The second-order valence-electron chi connectivity index (χ2n) is 14.3. The first-order valence-electron chi connectivity index (χ1n) is 17.3. The van der Waals surface area contributed by atoms with Crippen LogP contribution in [0.2, 0.25) is 0 Å². The van der Waals surface area contributed by atoms with E-state index in [1.54, 1.807) is 27.7 Å². The number of aliphatic imine (C=N–C) groups is 1. The monoisotopic (exact) mass is 717 g/mol. The lowest BCUT2D eigenvalue weighted by molar-refractivity contribution is -0.142. The number of carbonyl (C=O) groups is 6. The average Bonchev–Trinajstić information content (AvgIpc) is 3.04. The zero-order valence-electron chi connectivity index (χ0n) is 31.0. The van der Waals surface area contributed by atoms with E-state index in [-0.39, 0.29) is 50.0 Å². The van der Waals surface area contributed by atoms with E-state index in [2.05, 4.69) is 31.6 Å². The lowest BCUT2D eigenvalue weighted by Crippen LogP contribution is -2.61. The molecule has 0 aliphatic carbocycles. The van der Waals surface area contributed by atoms with Gasteiger partial charge in [-0.15, -0.1) is 0 Å².